The van der Waals surface area contributed by atoms with Crippen molar-refractivity contribution in [1.82, 2.24) is 9.80 Å². The fourth-order valence-corrected chi connectivity index (χ4v) is 2.00. The second-order valence-corrected chi connectivity index (χ2v) is 4.38. The minimum atomic E-state index is -0.267. The van der Waals surface area contributed by atoms with Crippen LogP contribution in [0.3, 0.4) is 0 Å². The third kappa shape index (κ3) is 3.44. The quantitative estimate of drug-likeness (QED) is 0.618. The van der Waals surface area contributed by atoms with E-state index < -0.39 is 0 Å². The molecule has 1 aliphatic heterocycles. The van der Waals surface area contributed by atoms with E-state index in [2.05, 4.69) is 23.8 Å². The van der Waals surface area contributed by atoms with Gasteiger partial charge >= 0.3 is 0 Å². The summed E-state index contributed by atoms with van der Waals surface area (Å²) >= 11 is 0. The summed E-state index contributed by atoms with van der Waals surface area (Å²) in [6.45, 7) is 5.64. The number of carbonyl (C=O) groups excluding carboxylic acids is 1. The van der Waals surface area contributed by atoms with Crippen LogP contribution >= 0.6 is 0 Å². The summed E-state index contributed by atoms with van der Waals surface area (Å²) in [7, 11) is 2.12. The van der Waals surface area contributed by atoms with Gasteiger partial charge in [0, 0.05) is 44.7 Å². The Morgan fingerprint density at radius 2 is 2.20 bits per heavy atom. The highest BCUT2D eigenvalue weighted by atomic mass is 16.1. The normalized spacial score (nSPS) is 26.5. The molecule has 5 heteroatoms. The molecular weight excluding hydrogens is 192 g/mol. The van der Waals surface area contributed by atoms with E-state index in [1.54, 1.807) is 0 Å². The molecule has 0 aromatic carbocycles. The third-order valence-electron chi connectivity index (χ3n) is 3.22. The molecule has 0 radical (unpaired) electrons. The van der Waals surface area contributed by atoms with Gasteiger partial charge in [0.2, 0.25) is 5.91 Å². The third-order valence-corrected chi connectivity index (χ3v) is 3.22. The van der Waals surface area contributed by atoms with Crippen LogP contribution in [0.25, 0.3) is 0 Å². The van der Waals surface area contributed by atoms with E-state index in [1.165, 1.54) is 0 Å². The predicted octanol–water partition coefficient (Wildman–Crippen LogP) is -1.17. The minimum absolute atomic E-state index is 0.110. The monoisotopic (exact) mass is 214 g/mol. The molecule has 4 N–H and O–H groups in total. The molecule has 2 unspecified atom stereocenters. The summed E-state index contributed by atoms with van der Waals surface area (Å²) in [5, 5.41) is 0. The van der Waals surface area contributed by atoms with Gasteiger partial charge in [-0.2, -0.15) is 0 Å². The summed E-state index contributed by atoms with van der Waals surface area (Å²) in [4.78, 5) is 15.5. The Balaban J connectivity index is 2.50. The molecule has 0 bridgehead atoms. The summed E-state index contributed by atoms with van der Waals surface area (Å²) < 4.78 is 0. The lowest BCUT2D eigenvalue weighted by Crippen LogP contribution is -2.55. The first-order chi connectivity index (χ1) is 7.04. The molecule has 0 spiro atoms. The molecule has 1 amide bonds. The topological polar surface area (TPSA) is 75.6 Å². The zero-order chi connectivity index (χ0) is 11.4. The van der Waals surface area contributed by atoms with Crippen molar-refractivity contribution in [2.45, 2.75) is 25.4 Å². The first-order valence-electron chi connectivity index (χ1n) is 5.47. The lowest BCUT2D eigenvalue weighted by Gasteiger charge is -2.41. The van der Waals surface area contributed by atoms with Crippen LogP contribution in [0.15, 0.2) is 0 Å². The van der Waals surface area contributed by atoms with E-state index >= 15 is 0 Å². The van der Waals surface area contributed by atoms with Gasteiger partial charge in [0.25, 0.3) is 0 Å². The first kappa shape index (κ1) is 12.4. The SMILES string of the molecule is CC1CN(C(CN)CC(N)=O)CCN1C. The van der Waals surface area contributed by atoms with Crippen molar-refractivity contribution >= 4 is 5.91 Å². The molecule has 0 saturated carbocycles. The lowest BCUT2D eigenvalue weighted by atomic mass is 10.1. The molecular formula is C10H22N4O. The number of hydrogen-bond donors (Lipinski definition) is 2. The van der Waals surface area contributed by atoms with E-state index in [4.69, 9.17) is 11.5 Å². The Morgan fingerprint density at radius 1 is 1.53 bits per heavy atom. The highest BCUT2D eigenvalue weighted by Crippen LogP contribution is 2.11. The van der Waals surface area contributed by atoms with Crippen molar-refractivity contribution in [3.05, 3.63) is 0 Å². The zero-order valence-corrected chi connectivity index (χ0v) is 9.65. The number of amides is 1. The van der Waals surface area contributed by atoms with E-state index in [0.29, 0.717) is 19.0 Å². The van der Waals surface area contributed by atoms with Crippen LogP contribution in [-0.2, 0) is 4.79 Å². The van der Waals surface area contributed by atoms with Gasteiger partial charge in [-0.25, -0.2) is 0 Å². The number of nitrogens with two attached hydrogens (primary N) is 2. The van der Waals surface area contributed by atoms with E-state index in [-0.39, 0.29) is 11.9 Å². The molecule has 1 heterocycles. The number of primary amides is 1. The Labute approximate surface area is 91.4 Å². The van der Waals surface area contributed by atoms with Gasteiger partial charge in [-0.15, -0.1) is 0 Å². The van der Waals surface area contributed by atoms with Gasteiger partial charge < -0.3 is 16.4 Å². The maximum Gasteiger partial charge on any atom is 0.219 e. The second kappa shape index (κ2) is 5.44. The number of hydrogen-bond acceptors (Lipinski definition) is 4. The molecule has 1 aliphatic rings. The molecule has 0 aliphatic carbocycles. The van der Waals surface area contributed by atoms with E-state index in [9.17, 15) is 4.79 Å². The summed E-state index contributed by atoms with van der Waals surface area (Å²) in [6.07, 6.45) is 0.368. The highest BCUT2D eigenvalue weighted by Gasteiger charge is 2.26. The van der Waals surface area contributed by atoms with Gasteiger partial charge in [0.05, 0.1) is 0 Å². The number of nitrogens with zero attached hydrogens (tertiary/aromatic N) is 2. The Kier molecular flexibility index (Phi) is 4.50. The number of likely N-dealkylation sites (N-methyl/N-ethyl adjacent to an activating group) is 1. The molecule has 88 valence electrons. The van der Waals surface area contributed by atoms with Gasteiger partial charge in [0.15, 0.2) is 0 Å². The Bertz CT molecular complexity index is 221. The molecule has 1 saturated heterocycles. The van der Waals surface area contributed by atoms with Crippen LogP contribution < -0.4 is 11.5 Å². The molecule has 1 fully saturated rings. The summed E-state index contributed by atoms with van der Waals surface area (Å²) in [5.74, 6) is -0.267. The highest BCUT2D eigenvalue weighted by molar-refractivity contribution is 5.74. The van der Waals surface area contributed by atoms with Crippen molar-refractivity contribution in [2.75, 3.05) is 33.2 Å². The zero-order valence-electron chi connectivity index (χ0n) is 9.65. The van der Waals surface area contributed by atoms with Crippen LogP contribution in [0.2, 0.25) is 0 Å². The summed E-state index contributed by atoms with van der Waals surface area (Å²) in [6, 6.07) is 0.624. The first-order valence-corrected chi connectivity index (χ1v) is 5.47. The van der Waals surface area contributed by atoms with Gasteiger partial charge in [-0.3, -0.25) is 9.69 Å². The molecule has 1 rings (SSSR count). The van der Waals surface area contributed by atoms with Crippen LogP contribution in [-0.4, -0.2) is 61.0 Å². The van der Waals surface area contributed by atoms with Crippen molar-refractivity contribution in [1.29, 1.82) is 0 Å². The number of rotatable bonds is 4. The Morgan fingerprint density at radius 3 is 2.67 bits per heavy atom. The van der Waals surface area contributed by atoms with E-state index in [1.807, 2.05) is 0 Å². The second-order valence-electron chi connectivity index (χ2n) is 4.38. The molecule has 0 aromatic rings. The van der Waals surface area contributed by atoms with Crippen molar-refractivity contribution < 1.29 is 4.79 Å². The molecule has 15 heavy (non-hydrogen) atoms. The predicted molar refractivity (Wildman–Crippen MR) is 60.3 cm³/mol. The van der Waals surface area contributed by atoms with Gasteiger partial charge in [0.1, 0.15) is 0 Å². The Hall–Kier alpha value is -0.650. The largest absolute Gasteiger partial charge is 0.370 e. The molecule has 2 atom stereocenters. The molecule has 5 nitrogen and oxygen atoms in total. The lowest BCUT2D eigenvalue weighted by molar-refractivity contribution is -0.119. The van der Waals surface area contributed by atoms with E-state index in [0.717, 1.165) is 19.6 Å². The fraction of sp³-hybridized carbons (Fsp3) is 0.900. The van der Waals surface area contributed by atoms with Crippen LogP contribution in [0, 0.1) is 0 Å². The maximum absolute atomic E-state index is 10.9. The van der Waals surface area contributed by atoms with Gasteiger partial charge in [-0.1, -0.05) is 0 Å². The van der Waals surface area contributed by atoms with Gasteiger partial charge in [-0.05, 0) is 14.0 Å². The van der Waals surface area contributed by atoms with Crippen LogP contribution in [0.4, 0.5) is 0 Å². The minimum Gasteiger partial charge on any atom is -0.370 e. The fourth-order valence-electron chi connectivity index (χ4n) is 2.00. The molecule has 0 aromatic heterocycles. The van der Waals surface area contributed by atoms with Crippen molar-refractivity contribution in [3.63, 3.8) is 0 Å². The maximum atomic E-state index is 10.9. The van der Waals surface area contributed by atoms with Crippen LogP contribution in [0.1, 0.15) is 13.3 Å². The van der Waals surface area contributed by atoms with Crippen molar-refractivity contribution in [2.24, 2.45) is 11.5 Å². The number of carbonyl (C=O) groups is 1. The average Bonchev–Trinajstić information content (AvgIpc) is 2.18. The number of piperazine rings is 1. The summed E-state index contributed by atoms with van der Waals surface area (Å²) in [5.41, 5.74) is 10.9. The van der Waals surface area contributed by atoms with Crippen LogP contribution in [0.5, 0.6) is 0 Å². The standard InChI is InChI=1S/C10H22N4O/c1-8-7-14(4-3-13(8)2)9(6-11)5-10(12)15/h8-9H,3-7,11H2,1-2H3,(H2,12,15). The van der Waals surface area contributed by atoms with Crippen molar-refractivity contribution in [3.8, 4) is 0 Å². The smallest absolute Gasteiger partial charge is 0.219 e. The average molecular weight is 214 g/mol.